The Hall–Kier alpha value is -1.64. The fourth-order valence-electron chi connectivity index (χ4n) is 1.48. The van der Waals surface area contributed by atoms with Crippen molar-refractivity contribution in [2.45, 2.75) is 33.6 Å². The Kier molecular flexibility index (Phi) is 4.65. The third kappa shape index (κ3) is 3.99. The molecule has 0 radical (unpaired) electrons. The lowest BCUT2D eigenvalue weighted by molar-refractivity contribution is -0.129. The molecule has 0 saturated heterocycles. The van der Waals surface area contributed by atoms with E-state index in [-0.39, 0.29) is 24.2 Å². The van der Waals surface area contributed by atoms with Crippen LogP contribution in [0.3, 0.4) is 0 Å². The van der Waals surface area contributed by atoms with Gasteiger partial charge in [0.25, 0.3) is 0 Å². The van der Waals surface area contributed by atoms with E-state index in [4.69, 9.17) is 0 Å². The van der Waals surface area contributed by atoms with Gasteiger partial charge in [-0.1, -0.05) is 51.1 Å². The summed E-state index contributed by atoms with van der Waals surface area (Å²) in [5.74, 6) is -0.311. The Balaban J connectivity index is 2.54. The third-order valence-corrected chi connectivity index (χ3v) is 2.95. The minimum atomic E-state index is -0.413. The monoisotopic (exact) mass is 247 g/mol. The smallest absolute Gasteiger partial charge is 0.227 e. The van der Waals surface area contributed by atoms with Crippen molar-refractivity contribution in [3.8, 4) is 0 Å². The zero-order valence-corrected chi connectivity index (χ0v) is 11.5. The number of rotatable bonds is 4. The van der Waals surface area contributed by atoms with Crippen molar-refractivity contribution in [2.24, 2.45) is 5.41 Å². The minimum Gasteiger partial charge on any atom is -0.348 e. The molecule has 0 saturated carbocycles. The molecule has 0 spiro atoms. The van der Waals surface area contributed by atoms with Crippen LogP contribution in [-0.2, 0) is 9.59 Å². The molecule has 0 aliphatic carbocycles. The van der Waals surface area contributed by atoms with Crippen molar-refractivity contribution in [3.05, 3.63) is 35.9 Å². The minimum absolute atomic E-state index is 0.0381. The first-order valence-electron chi connectivity index (χ1n) is 6.18. The van der Waals surface area contributed by atoms with Gasteiger partial charge in [-0.3, -0.25) is 9.59 Å². The molecule has 18 heavy (non-hydrogen) atoms. The summed E-state index contributed by atoms with van der Waals surface area (Å²) < 4.78 is 0. The topological polar surface area (TPSA) is 46.2 Å². The van der Waals surface area contributed by atoms with E-state index in [9.17, 15) is 9.59 Å². The van der Waals surface area contributed by atoms with E-state index >= 15 is 0 Å². The largest absolute Gasteiger partial charge is 0.348 e. The molecular weight excluding hydrogens is 226 g/mol. The van der Waals surface area contributed by atoms with Gasteiger partial charge in [0.2, 0.25) is 5.91 Å². The van der Waals surface area contributed by atoms with Crippen LogP contribution in [-0.4, -0.2) is 18.2 Å². The second-order valence-electron chi connectivity index (χ2n) is 5.52. The van der Waals surface area contributed by atoms with Crippen molar-refractivity contribution >= 4 is 11.7 Å². The normalized spacial score (nSPS) is 12.9. The number of carbonyl (C=O) groups excluding carboxylic acids is 2. The highest BCUT2D eigenvalue weighted by atomic mass is 16.2. The molecule has 0 bridgehead atoms. The van der Waals surface area contributed by atoms with Crippen LogP contribution in [0.15, 0.2) is 30.3 Å². The van der Waals surface area contributed by atoms with E-state index in [0.29, 0.717) is 0 Å². The highest BCUT2D eigenvalue weighted by Crippen LogP contribution is 2.16. The predicted molar refractivity (Wildman–Crippen MR) is 72.3 cm³/mol. The zero-order chi connectivity index (χ0) is 13.8. The van der Waals surface area contributed by atoms with Crippen LogP contribution >= 0.6 is 0 Å². The van der Waals surface area contributed by atoms with Crippen LogP contribution in [0.1, 0.15) is 39.2 Å². The summed E-state index contributed by atoms with van der Waals surface area (Å²) in [7, 11) is 0. The van der Waals surface area contributed by atoms with Gasteiger partial charge in [-0.2, -0.15) is 0 Å². The lowest BCUT2D eigenvalue weighted by Gasteiger charge is -2.18. The van der Waals surface area contributed by atoms with Crippen molar-refractivity contribution in [1.82, 2.24) is 5.32 Å². The zero-order valence-electron chi connectivity index (χ0n) is 11.5. The van der Waals surface area contributed by atoms with Gasteiger partial charge >= 0.3 is 0 Å². The van der Waals surface area contributed by atoms with Gasteiger partial charge in [0, 0.05) is 5.41 Å². The summed E-state index contributed by atoms with van der Waals surface area (Å²) >= 11 is 0. The first-order valence-corrected chi connectivity index (χ1v) is 6.18. The van der Waals surface area contributed by atoms with Gasteiger partial charge < -0.3 is 5.32 Å². The number of hydrogen-bond donors (Lipinski definition) is 1. The highest BCUT2D eigenvalue weighted by Gasteiger charge is 2.22. The van der Waals surface area contributed by atoms with E-state index in [1.165, 1.54) is 0 Å². The van der Waals surface area contributed by atoms with Gasteiger partial charge in [-0.15, -0.1) is 0 Å². The molecule has 0 aliphatic rings. The summed E-state index contributed by atoms with van der Waals surface area (Å²) in [5, 5.41) is 2.70. The lowest BCUT2D eigenvalue weighted by atomic mass is 9.90. The number of Topliss-reactive ketones (excluding diaryl/α,β-unsaturated/α-hetero) is 1. The van der Waals surface area contributed by atoms with E-state index in [1.54, 1.807) is 0 Å². The fourth-order valence-corrected chi connectivity index (χ4v) is 1.48. The van der Waals surface area contributed by atoms with Crippen LogP contribution in [0.5, 0.6) is 0 Å². The maximum atomic E-state index is 11.9. The van der Waals surface area contributed by atoms with E-state index in [0.717, 1.165) is 5.56 Å². The van der Waals surface area contributed by atoms with E-state index < -0.39 is 5.41 Å². The molecule has 1 rings (SSSR count). The van der Waals surface area contributed by atoms with Gasteiger partial charge in [0.1, 0.15) is 0 Å². The SMILES string of the molecule is CC(C(=O)NCC(=O)C(C)(C)C)c1ccccc1. The number of ketones is 1. The number of hydrogen-bond acceptors (Lipinski definition) is 2. The maximum absolute atomic E-state index is 11.9. The Morgan fingerprint density at radius 2 is 1.72 bits per heavy atom. The lowest BCUT2D eigenvalue weighted by Crippen LogP contribution is -2.37. The predicted octanol–water partition coefficient (Wildman–Crippen LogP) is 2.52. The van der Waals surface area contributed by atoms with Crippen LogP contribution in [0, 0.1) is 5.41 Å². The second kappa shape index (κ2) is 5.80. The molecule has 1 amide bonds. The van der Waals surface area contributed by atoms with E-state index in [1.807, 2.05) is 58.0 Å². The van der Waals surface area contributed by atoms with Crippen molar-refractivity contribution in [1.29, 1.82) is 0 Å². The highest BCUT2D eigenvalue weighted by molar-refractivity contribution is 5.91. The van der Waals surface area contributed by atoms with Crippen LogP contribution < -0.4 is 5.32 Å². The van der Waals surface area contributed by atoms with Crippen molar-refractivity contribution < 1.29 is 9.59 Å². The van der Waals surface area contributed by atoms with E-state index in [2.05, 4.69) is 5.32 Å². The average Bonchev–Trinajstić information content (AvgIpc) is 2.34. The molecule has 0 heterocycles. The molecule has 3 heteroatoms. The molecule has 0 fully saturated rings. The second-order valence-corrected chi connectivity index (χ2v) is 5.52. The fraction of sp³-hybridized carbons (Fsp3) is 0.467. The third-order valence-electron chi connectivity index (χ3n) is 2.95. The summed E-state index contributed by atoms with van der Waals surface area (Å²) in [6.07, 6.45) is 0. The molecule has 98 valence electrons. The van der Waals surface area contributed by atoms with Crippen LogP contribution in [0.25, 0.3) is 0 Å². The molecule has 1 N–H and O–H groups in total. The van der Waals surface area contributed by atoms with Gasteiger partial charge in [-0.05, 0) is 12.5 Å². The molecule has 1 atom stereocenters. The molecule has 1 aromatic rings. The standard InChI is InChI=1S/C15H21NO2/c1-11(12-8-6-5-7-9-12)14(18)16-10-13(17)15(2,3)4/h5-9,11H,10H2,1-4H3,(H,16,18). The average molecular weight is 247 g/mol. The summed E-state index contributed by atoms with van der Waals surface area (Å²) in [4.78, 5) is 23.6. The van der Waals surface area contributed by atoms with Crippen LogP contribution in [0.4, 0.5) is 0 Å². The Morgan fingerprint density at radius 3 is 2.22 bits per heavy atom. The number of carbonyl (C=O) groups is 2. The summed E-state index contributed by atoms with van der Waals surface area (Å²) in [6, 6.07) is 9.54. The summed E-state index contributed by atoms with van der Waals surface area (Å²) in [5.41, 5.74) is 0.543. The van der Waals surface area contributed by atoms with Gasteiger partial charge in [0.15, 0.2) is 5.78 Å². The number of amides is 1. The number of nitrogens with one attached hydrogen (secondary N) is 1. The van der Waals surface area contributed by atoms with Crippen LogP contribution in [0.2, 0.25) is 0 Å². The van der Waals surface area contributed by atoms with Crippen molar-refractivity contribution in [3.63, 3.8) is 0 Å². The Labute approximate surface area is 109 Å². The molecule has 1 unspecified atom stereocenters. The first kappa shape index (κ1) is 14.4. The van der Waals surface area contributed by atoms with Crippen molar-refractivity contribution in [2.75, 3.05) is 6.54 Å². The maximum Gasteiger partial charge on any atom is 0.227 e. The molecule has 1 aromatic carbocycles. The quantitative estimate of drug-likeness (QED) is 0.888. The first-order chi connectivity index (χ1) is 8.32. The number of benzene rings is 1. The Morgan fingerprint density at radius 1 is 1.17 bits per heavy atom. The summed E-state index contributed by atoms with van der Waals surface area (Å²) in [6.45, 7) is 7.48. The van der Waals surface area contributed by atoms with Gasteiger partial charge in [0.05, 0.1) is 12.5 Å². The molecule has 0 aliphatic heterocycles. The molecule has 3 nitrogen and oxygen atoms in total. The van der Waals surface area contributed by atoms with Gasteiger partial charge in [-0.25, -0.2) is 0 Å². The molecule has 0 aromatic heterocycles. The Bertz CT molecular complexity index is 418. The molecular formula is C15H21NO2.